The van der Waals surface area contributed by atoms with E-state index in [1.807, 2.05) is 42.5 Å². The molecule has 0 aromatic heterocycles. The molecule has 0 amide bonds. The van der Waals surface area contributed by atoms with Crippen LogP contribution in [0.5, 0.6) is 0 Å². The van der Waals surface area contributed by atoms with E-state index in [0.29, 0.717) is 4.90 Å². The molecule has 0 saturated carbocycles. The number of fused-ring (bicyclic) bond motifs is 1. The van der Waals surface area contributed by atoms with Crippen LogP contribution >= 0.6 is 11.8 Å². The molecule has 0 spiro atoms. The zero-order valence-electron chi connectivity index (χ0n) is 11.0. The number of nitrogens with two attached hydrogens (primary N) is 1. The zero-order chi connectivity index (χ0) is 14.8. The molecule has 0 heterocycles. The molecule has 3 aromatic carbocycles. The topological polar surface area (TPSA) is 69.2 Å². The molecule has 4 nitrogen and oxygen atoms in total. The number of hydrogen-bond donors (Lipinski definition) is 1. The minimum atomic E-state index is -0.432. The molecule has 0 bridgehead atoms. The van der Waals surface area contributed by atoms with Crippen molar-refractivity contribution in [3.8, 4) is 0 Å². The van der Waals surface area contributed by atoms with Crippen molar-refractivity contribution in [1.82, 2.24) is 0 Å². The van der Waals surface area contributed by atoms with Crippen molar-refractivity contribution in [3.63, 3.8) is 0 Å². The van der Waals surface area contributed by atoms with Gasteiger partial charge in [0.05, 0.1) is 9.82 Å². The second kappa shape index (κ2) is 5.46. The number of nitrogens with zero attached hydrogens (tertiary/aromatic N) is 1. The number of nitrogen functional groups attached to an aromatic ring is 1. The van der Waals surface area contributed by atoms with Gasteiger partial charge in [-0.3, -0.25) is 10.1 Å². The summed E-state index contributed by atoms with van der Waals surface area (Å²) < 4.78 is 0. The van der Waals surface area contributed by atoms with Gasteiger partial charge in [-0.15, -0.1) is 0 Å². The Morgan fingerprint density at radius 1 is 0.952 bits per heavy atom. The number of nitro groups is 1. The van der Waals surface area contributed by atoms with Crippen LogP contribution in [0.4, 0.5) is 11.4 Å². The first kappa shape index (κ1) is 13.5. The molecule has 0 radical (unpaired) electrons. The van der Waals surface area contributed by atoms with Crippen LogP contribution in [-0.2, 0) is 0 Å². The molecule has 3 aromatic rings. The highest BCUT2D eigenvalue weighted by Gasteiger charge is 2.18. The first-order valence-electron chi connectivity index (χ1n) is 6.35. The molecule has 0 saturated heterocycles. The molecule has 0 unspecified atom stereocenters. The maximum absolute atomic E-state index is 11.2. The molecule has 3 rings (SSSR count). The van der Waals surface area contributed by atoms with Crippen LogP contribution in [0, 0.1) is 10.1 Å². The third kappa shape index (κ3) is 2.68. The fourth-order valence-corrected chi connectivity index (χ4v) is 3.19. The Hall–Kier alpha value is -2.53. The summed E-state index contributed by atoms with van der Waals surface area (Å²) in [4.78, 5) is 12.2. The number of benzene rings is 3. The predicted octanol–water partition coefficient (Wildman–Crippen LogP) is 4.48. The molecule has 0 fully saturated rings. The summed E-state index contributed by atoms with van der Waals surface area (Å²) in [7, 11) is 0. The normalized spacial score (nSPS) is 10.7. The maximum atomic E-state index is 11.2. The largest absolute Gasteiger partial charge is 0.393 e. The molecule has 2 N–H and O–H groups in total. The Morgan fingerprint density at radius 2 is 1.71 bits per heavy atom. The van der Waals surface area contributed by atoms with Crippen LogP contribution in [0.2, 0.25) is 0 Å². The van der Waals surface area contributed by atoms with E-state index in [1.165, 1.54) is 11.8 Å². The highest BCUT2D eigenvalue weighted by Crippen LogP contribution is 2.38. The van der Waals surface area contributed by atoms with Crippen LogP contribution in [0.15, 0.2) is 70.5 Å². The lowest BCUT2D eigenvalue weighted by molar-refractivity contribution is -0.386. The van der Waals surface area contributed by atoms with Gasteiger partial charge in [-0.2, -0.15) is 0 Å². The molecule has 104 valence electrons. The minimum Gasteiger partial charge on any atom is -0.393 e. The van der Waals surface area contributed by atoms with Crippen LogP contribution < -0.4 is 5.73 Å². The number of hydrogen-bond acceptors (Lipinski definition) is 4. The minimum absolute atomic E-state index is 0.0318. The van der Waals surface area contributed by atoms with Gasteiger partial charge >= 0.3 is 5.69 Å². The third-order valence-corrected chi connectivity index (χ3v) is 4.20. The number of anilines is 1. The van der Waals surface area contributed by atoms with Gasteiger partial charge in [0.25, 0.3) is 0 Å². The second-order valence-corrected chi connectivity index (χ2v) is 5.68. The Balaban J connectivity index is 2.02. The van der Waals surface area contributed by atoms with E-state index < -0.39 is 4.92 Å². The maximum Gasteiger partial charge on any atom is 0.305 e. The lowest BCUT2D eigenvalue weighted by Gasteiger charge is -2.06. The van der Waals surface area contributed by atoms with Crippen LogP contribution in [0.3, 0.4) is 0 Å². The molecule has 5 heteroatoms. The molecular formula is C16H12N2O2S. The average Bonchev–Trinajstić information content (AvgIpc) is 2.47. The molecule has 0 atom stereocenters. The average molecular weight is 296 g/mol. The van der Waals surface area contributed by atoms with Gasteiger partial charge in [0, 0.05) is 4.90 Å². The molecule has 0 aliphatic carbocycles. The predicted molar refractivity (Wildman–Crippen MR) is 85.6 cm³/mol. The highest BCUT2D eigenvalue weighted by atomic mass is 32.2. The van der Waals surface area contributed by atoms with Gasteiger partial charge in [0.15, 0.2) is 0 Å². The van der Waals surface area contributed by atoms with E-state index in [2.05, 4.69) is 0 Å². The number of nitro benzene ring substituents is 1. The van der Waals surface area contributed by atoms with Crippen LogP contribution in [0.25, 0.3) is 10.8 Å². The zero-order valence-corrected chi connectivity index (χ0v) is 11.8. The monoisotopic (exact) mass is 296 g/mol. The van der Waals surface area contributed by atoms with E-state index in [1.54, 1.807) is 18.2 Å². The van der Waals surface area contributed by atoms with Gasteiger partial charge in [0.1, 0.15) is 5.69 Å². The quantitative estimate of drug-likeness (QED) is 0.439. The van der Waals surface area contributed by atoms with Gasteiger partial charge < -0.3 is 5.73 Å². The lowest BCUT2D eigenvalue weighted by Crippen LogP contribution is -1.97. The summed E-state index contributed by atoms with van der Waals surface area (Å²) in [5.41, 5.74) is 5.87. The van der Waals surface area contributed by atoms with E-state index in [4.69, 9.17) is 5.73 Å². The molecule has 0 aliphatic rings. The standard InChI is InChI=1S/C16H12N2O2S/c17-14-6-3-7-15(16(14)18(19)20)21-13-9-8-11-4-1-2-5-12(11)10-13/h1-10H,17H2. The van der Waals surface area contributed by atoms with Crippen LogP contribution in [-0.4, -0.2) is 4.92 Å². The number of para-hydroxylation sites is 1. The Kier molecular flexibility index (Phi) is 3.50. The highest BCUT2D eigenvalue weighted by molar-refractivity contribution is 7.99. The van der Waals surface area contributed by atoms with Gasteiger partial charge in [-0.1, -0.05) is 48.2 Å². The van der Waals surface area contributed by atoms with Crippen LogP contribution in [0.1, 0.15) is 0 Å². The molecular weight excluding hydrogens is 284 g/mol. The van der Waals surface area contributed by atoms with Gasteiger partial charge in [0.2, 0.25) is 0 Å². The summed E-state index contributed by atoms with van der Waals surface area (Å²) in [6, 6.07) is 19.0. The van der Waals surface area contributed by atoms with Gasteiger partial charge in [-0.25, -0.2) is 0 Å². The third-order valence-electron chi connectivity index (χ3n) is 3.16. The van der Waals surface area contributed by atoms with Crippen molar-refractivity contribution in [2.24, 2.45) is 0 Å². The lowest BCUT2D eigenvalue weighted by atomic mass is 10.1. The van der Waals surface area contributed by atoms with Gasteiger partial charge in [-0.05, 0) is 35.0 Å². The first-order chi connectivity index (χ1) is 10.1. The molecule has 0 aliphatic heterocycles. The summed E-state index contributed by atoms with van der Waals surface area (Å²) in [6.07, 6.45) is 0. The van der Waals surface area contributed by atoms with Crippen molar-refractivity contribution in [3.05, 3.63) is 70.8 Å². The fraction of sp³-hybridized carbons (Fsp3) is 0. The smallest absolute Gasteiger partial charge is 0.305 e. The van der Waals surface area contributed by atoms with Crippen molar-refractivity contribution in [2.75, 3.05) is 5.73 Å². The fourth-order valence-electron chi connectivity index (χ4n) is 2.17. The van der Waals surface area contributed by atoms with Crippen molar-refractivity contribution >= 4 is 33.9 Å². The summed E-state index contributed by atoms with van der Waals surface area (Å²) >= 11 is 1.35. The van der Waals surface area contributed by atoms with Crippen molar-refractivity contribution in [1.29, 1.82) is 0 Å². The summed E-state index contributed by atoms with van der Waals surface area (Å²) in [5.74, 6) is 0. The summed E-state index contributed by atoms with van der Waals surface area (Å²) in [5, 5.41) is 13.4. The van der Waals surface area contributed by atoms with E-state index >= 15 is 0 Å². The Bertz CT molecular complexity index is 833. The Morgan fingerprint density at radius 3 is 2.48 bits per heavy atom. The van der Waals surface area contributed by atoms with E-state index in [9.17, 15) is 10.1 Å². The SMILES string of the molecule is Nc1cccc(Sc2ccc3ccccc3c2)c1[N+](=O)[O-]. The van der Waals surface area contributed by atoms with Crippen molar-refractivity contribution < 1.29 is 4.92 Å². The summed E-state index contributed by atoms with van der Waals surface area (Å²) in [6.45, 7) is 0. The number of rotatable bonds is 3. The molecule has 21 heavy (non-hydrogen) atoms. The van der Waals surface area contributed by atoms with E-state index in [0.717, 1.165) is 15.7 Å². The second-order valence-electron chi connectivity index (χ2n) is 4.56. The van der Waals surface area contributed by atoms with Crippen molar-refractivity contribution in [2.45, 2.75) is 9.79 Å². The Labute approximate surface area is 125 Å². The first-order valence-corrected chi connectivity index (χ1v) is 7.16. The van der Waals surface area contributed by atoms with E-state index in [-0.39, 0.29) is 11.4 Å².